The molecule has 3 nitrogen and oxygen atoms in total. The minimum Gasteiger partial charge on any atom is -0.385 e. The first-order valence-corrected chi connectivity index (χ1v) is 6.29. The molecule has 0 atom stereocenters. The van der Waals surface area contributed by atoms with Crippen LogP contribution >= 0.6 is 15.9 Å². The molecule has 1 aromatic rings. The fourth-order valence-corrected chi connectivity index (χ4v) is 1.50. The molecule has 0 saturated carbocycles. The normalized spacial score (nSPS) is 10.5. The number of rotatable bonds is 8. The van der Waals surface area contributed by atoms with E-state index in [-0.39, 0.29) is 5.82 Å². The van der Waals surface area contributed by atoms with Crippen LogP contribution in [0.15, 0.2) is 22.7 Å². The summed E-state index contributed by atoms with van der Waals surface area (Å²) in [6.07, 6.45) is 0.876. The summed E-state index contributed by atoms with van der Waals surface area (Å²) in [5.41, 5.74) is 0.780. The lowest BCUT2D eigenvalue weighted by Crippen LogP contribution is -2.08. The molecule has 0 saturated heterocycles. The lowest BCUT2D eigenvalue weighted by Gasteiger charge is -2.07. The van der Waals surface area contributed by atoms with Crippen molar-refractivity contribution in [3.8, 4) is 0 Å². The maximum Gasteiger partial charge on any atom is 0.139 e. The smallest absolute Gasteiger partial charge is 0.139 e. The Balaban J connectivity index is 2.11. The third-order valence-corrected chi connectivity index (χ3v) is 2.79. The summed E-state index contributed by atoms with van der Waals surface area (Å²) < 4.78 is 23.8. The van der Waals surface area contributed by atoms with E-state index in [1.54, 1.807) is 13.2 Å². The standard InChI is InChI=1S/C12H17BrFNO2/c1-16-7-8-17-6-2-5-15-10-3-4-11(13)12(14)9-10/h3-4,9,15H,2,5-8H2,1H3. The molecule has 1 aromatic carbocycles. The van der Waals surface area contributed by atoms with Crippen molar-refractivity contribution in [2.75, 3.05) is 38.8 Å². The molecule has 0 aromatic heterocycles. The Morgan fingerprint density at radius 1 is 1.29 bits per heavy atom. The third kappa shape index (κ3) is 6.00. The lowest BCUT2D eigenvalue weighted by atomic mass is 10.3. The van der Waals surface area contributed by atoms with E-state index < -0.39 is 0 Å². The summed E-state index contributed by atoms with van der Waals surface area (Å²) in [5.74, 6) is -0.258. The number of nitrogens with one attached hydrogen (secondary N) is 1. The first kappa shape index (κ1) is 14.4. The van der Waals surface area contributed by atoms with Gasteiger partial charge in [0, 0.05) is 25.9 Å². The van der Waals surface area contributed by atoms with Gasteiger partial charge in [0.15, 0.2) is 0 Å². The van der Waals surface area contributed by atoms with E-state index in [2.05, 4.69) is 21.2 Å². The Morgan fingerprint density at radius 3 is 2.82 bits per heavy atom. The predicted molar refractivity (Wildman–Crippen MR) is 69.9 cm³/mol. The predicted octanol–water partition coefficient (Wildman–Crippen LogP) is 3.05. The second-order valence-corrected chi connectivity index (χ2v) is 4.37. The van der Waals surface area contributed by atoms with E-state index in [0.29, 0.717) is 24.3 Å². The number of benzene rings is 1. The average Bonchev–Trinajstić information content (AvgIpc) is 2.32. The first-order valence-electron chi connectivity index (χ1n) is 5.49. The number of hydrogen-bond acceptors (Lipinski definition) is 3. The van der Waals surface area contributed by atoms with Crippen LogP contribution in [-0.4, -0.2) is 33.5 Å². The molecule has 0 fully saturated rings. The minimum absolute atomic E-state index is 0.258. The van der Waals surface area contributed by atoms with Gasteiger partial charge >= 0.3 is 0 Å². The summed E-state index contributed by atoms with van der Waals surface area (Å²) in [7, 11) is 1.65. The fraction of sp³-hybridized carbons (Fsp3) is 0.500. The molecule has 0 spiro atoms. The fourth-order valence-electron chi connectivity index (χ4n) is 1.26. The SMILES string of the molecule is COCCOCCCNc1ccc(Br)c(F)c1. The van der Waals surface area contributed by atoms with E-state index in [0.717, 1.165) is 18.7 Å². The monoisotopic (exact) mass is 305 g/mol. The van der Waals surface area contributed by atoms with Crippen LogP contribution in [0.2, 0.25) is 0 Å². The Labute approximate surface area is 109 Å². The number of anilines is 1. The van der Waals surface area contributed by atoms with Gasteiger partial charge in [0.05, 0.1) is 17.7 Å². The average molecular weight is 306 g/mol. The van der Waals surface area contributed by atoms with Gasteiger partial charge in [0.1, 0.15) is 5.82 Å². The van der Waals surface area contributed by atoms with Crippen LogP contribution in [0.5, 0.6) is 0 Å². The Hall–Kier alpha value is -0.650. The van der Waals surface area contributed by atoms with Gasteiger partial charge in [-0.25, -0.2) is 4.39 Å². The van der Waals surface area contributed by atoms with Gasteiger partial charge in [-0.15, -0.1) is 0 Å². The van der Waals surface area contributed by atoms with Crippen molar-refractivity contribution in [3.05, 3.63) is 28.5 Å². The lowest BCUT2D eigenvalue weighted by molar-refractivity contribution is 0.0705. The van der Waals surface area contributed by atoms with Crippen molar-refractivity contribution < 1.29 is 13.9 Å². The number of methoxy groups -OCH3 is 1. The molecular weight excluding hydrogens is 289 g/mol. The van der Waals surface area contributed by atoms with E-state index in [1.165, 1.54) is 6.07 Å². The minimum atomic E-state index is -0.258. The zero-order chi connectivity index (χ0) is 12.5. The van der Waals surface area contributed by atoms with Crippen molar-refractivity contribution in [3.63, 3.8) is 0 Å². The summed E-state index contributed by atoms with van der Waals surface area (Å²) in [5, 5.41) is 3.13. The van der Waals surface area contributed by atoms with Crippen LogP contribution in [-0.2, 0) is 9.47 Å². The largest absolute Gasteiger partial charge is 0.385 e. The van der Waals surface area contributed by atoms with Crippen LogP contribution in [0.1, 0.15) is 6.42 Å². The highest BCUT2D eigenvalue weighted by Gasteiger charge is 1.99. The number of hydrogen-bond donors (Lipinski definition) is 1. The third-order valence-electron chi connectivity index (χ3n) is 2.15. The second kappa shape index (κ2) is 8.44. The summed E-state index contributed by atoms with van der Waals surface area (Å²) in [6.45, 7) is 2.66. The van der Waals surface area contributed by atoms with Crippen LogP contribution in [0.4, 0.5) is 10.1 Å². The van der Waals surface area contributed by atoms with Crippen LogP contribution in [0.3, 0.4) is 0 Å². The van der Waals surface area contributed by atoms with Crippen molar-refractivity contribution in [2.45, 2.75) is 6.42 Å². The quantitative estimate of drug-likeness (QED) is 0.749. The Bertz CT molecular complexity index is 336. The van der Waals surface area contributed by atoms with E-state index in [1.807, 2.05) is 6.07 Å². The molecule has 1 rings (SSSR count). The molecule has 0 aliphatic rings. The maximum absolute atomic E-state index is 13.2. The van der Waals surface area contributed by atoms with Gasteiger partial charge in [0.2, 0.25) is 0 Å². The van der Waals surface area contributed by atoms with Crippen molar-refractivity contribution in [1.29, 1.82) is 0 Å². The molecule has 17 heavy (non-hydrogen) atoms. The van der Waals surface area contributed by atoms with E-state index in [9.17, 15) is 4.39 Å². The molecule has 0 aliphatic heterocycles. The van der Waals surface area contributed by atoms with Gasteiger partial charge in [-0.1, -0.05) is 0 Å². The van der Waals surface area contributed by atoms with Gasteiger partial charge < -0.3 is 14.8 Å². The number of ether oxygens (including phenoxy) is 2. The maximum atomic E-state index is 13.2. The molecule has 96 valence electrons. The van der Waals surface area contributed by atoms with Crippen molar-refractivity contribution in [1.82, 2.24) is 0 Å². The summed E-state index contributed by atoms with van der Waals surface area (Å²) >= 11 is 3.11. The molecule has 0 unspecified atom stereocenters. The first-order chi connectivity index (χ1) is 8.24. The highest BCUT2D eigenvalue weighted by molar-refractivity contribution is 9.10. The van der Waals surface area contributed by atoms with Gasteiger partial charge in [-0.3, -0.25) is 0 Å². The Kier molecular flexibility index (Phi) is 7.16. The molecule has 0 bridgehead atoms. The Morgan fingerprint density at radius 2 is 2.12 bits per heavy atom. The molecule has 0 amide bonds. The molecule has 0 radical (unpaired) electrons. The summed E-state index contributed by atoms with van der Waals surface area (Å²) in [6, 6.07) is 4.99. The van der Waals surface area contributed by atoms with Gasteiger partial charge in [-0.05, 0) is 40.5 Å². The van der Waals surface area contributed by atoms with Gasteiger partial charge in [-0.2, -0.15) is 0 Å². The van der Waals surface area contributed by atoms with Crippen LogP contribution < -0.4 is 5.32 Å². The highest BCUT2D eigenvalue weighted by Crippen LogP contribution is 2.19. The van der Waals surface area contributed by atoms with E-state index in [4.69, 9.17) is 9.47 Å². The summed E-state index contributed by atoms with van der Waals surface area (Å²) in [4.78, 5) is 0. The molecular formula is C12H17BrFNO2. The van der Waals surface area contributed by atoms with Crippen molar-refractivity contribution >= 4 is 21.6 Å². The molecule has 1 N–H and O–H groups in total. The van der Waals surface area contributed by atoms with Crippen LogP contribution in [0, 0.1) is 5.82 Å². The topological polar surface area (TPSA) is 30.5 Å². The highest BCUT2D eigenvalue weighted by atomic mass is 79.9. The van der Waals surface area contributed by atoms with Crippen molar-refractivity contribution in [2.24, 2.45) is 0 Å². The van der Waals surface area contributed by atoms with Crippen LogP contribution in [0.25, 0.3) is 0 Å². The number of halogens is 2. The molecule has 0 heterocycles. The van der Waals surface area contributed by atoms with Gasteiger partial charge in [0.25, 0.3) is 0 Å². The molecule has 5 heteroatoms. The zero-order valence-corrected chi connectivity index (χ0v) is 11.4. The second-order valence-electron chi connectivity index (χ2n) is 3.51. The van der Waals surface area contributed by atoms with E-state index >= 15 is 0 Å². The zero-order valence-electron chi connectivity index (χ0n) is 9.84. The molecule has 0 aliphatic carbocycles.